The number of hydrogen-bond acceptors (Lipinski definition) is 4. The van der Waals surface area contributed by atoms with E-state index in [1.807, 2.05) is 25.1 Å². The topological polar surface area (TPSA) is 85.6 Å². The van der Waals surface area contributed by atoms with Crippen molar-refractivity contribution in [1.82, 2.24) is 5.32 Å². The number of nitriles is 1. The molecule has 0 saturated heterocycles. The Balaban J connectivity index is 1.75. The van der Waals surface area contributed by atoms with E-state index in [1.54, 1.807) is 36.4 Å². The molecule has 2 aromatic rings. The zero-order chi connectivity index (χ0) is 17.1. The molecule has 3 rings (SSSR count). The number of amidine groups is 1. The maximum Gasteiger partial charge on any atom is 0.256 e. The fourth-order valence-corrected chi connectivity index (χ4v) is 2.29. The predicted molar refractivity (Wildman–Crippen MR) is 89.3 cm³/mol. The summed E-state index contributed by atoms with van der Waals surface area (Å²) >= 11 is 0. The first-order valence-electron chi connectivity index (χ1n) is 7.35. The highest BCUT2D eigenvalue weighted by Gasteiger charge is 2.26. The fraction of sp³-hybridized carbons (Fsp3) is 0.111. The minimum absolute atomic E-state index is 0.0254. The lowest BCUT2D eigenvalue weighted by Crippen LogP contribution is -2.29. The van der Waals surface area contributed by atoms with Crippen LogP contribution in [0.25, 0.3) is 0 Å². The maximum atomic E-state index is 12.2. The molecule has 0 spiro atoms. The van der Waals surface area contributed by atoms with Gasteiger partial charge in [-0.1, -0.05) is 17.7 Å². The molecule has 1 heterocycles. The molecule has 0 saturated carbocycles. The summed E-state index contributed by atoms with van der Waals surface area (Å²) in [6, 6.07) is 15.7. The second-order valence-corrected chi connectivity index (χ2v) is 5.41. The number of anilines is 1. The van der Waals surface area contributed by atoms with Crippen LogP contribution in [0.4, 0.5) is 5.69 Å². The van der Waals surface area contributed by atoms with Gasteiger partial charge in [0, 0.05) is 5.56 Å². The summed E-state index contributed by atoms with van der Waals surface area (Å²) in [6.07, 6.45) is 0.0254. The molecule has 0 radical (unpaired) electrons. The lowest BCUT2D eigenvalue weighted by molar-refractivity contribution is -0.116. The number of hydrazone groups is 1. The molecular formula is C18H14N4O2. The van der Waals surface area contributed by atoms with Crippen molar-refractivity contribution < 1.29 is 9.59 Å². The van der Waals surface area contributed by atoms with E-state index in [2.05, 4.69) is 10.4 Å². The third-order valence-corrected chi connectivity index (χ3v) is 3.59. The second-order valence-electron chi connectivity index (χ2n) is 5.41. The molecule has 1 N–H and O–H groups in total. The Morgan fingerprint density at radius 2 is 1.83 bits per heavy atom. The minimum atomic E-state index is -0.303. The molecule has 2 amide bonds. The van der Waals surface area contributed by atoms with Crippen LogP contribution < -0.4 is 10.3 Å². The lowest BCUT2D eigenvalue weighted by atomic mass is 10.1. The second kappa shape index (κ2) is 6.34. The smallest absolute Gasteiger partial charge is 0.256 e. The molecule has 0 aliphatic carbocycles. The fourth-order valence-electron chi connectivity index (χ4n) is 2.29. The van der Waals surface area contributed by atoms with Crippen LogP contribution in [0.2, 0.25) is 0 Å². The van der Waals surface area contributed by atoms with Crippen molar-refractivity contribution in [2.24, 2.45) is 5.10 Å². The van der Waals surface area contributed by atoms with E-state index < -0.39 is 0 Å². The highest BCUT2D eigenvalue weighted by atomic mass is 16.2. The Bertz CT molecular complexity index is 861. The number of hydrogen-bond donors (Lipinski definition) is 1. The van der Waals surface area contributed by atoms with Crippen LogP contribution in [0.3, 0.4) is 0 Å². The predicted octanol–water partition coefficient (Wildman–Crippen LogP) is 2.35. The number of nitrogens with one attached hydrogen (secondary N) is 1. The van der Waals surface area contributed by atoms with E-state index in [1.165, 1.54) is 5.01 Å². The zero-order valence-electron chi connectivity index (χ0n) is 13.0. The van der Waals surface area contributed by atoms with Crippen molar-refractivity contribution in [3.63, 3.8) is 0 Å². The molecule has 6 nitrogen and oxygen atoms in total. The summed E-state index contributed by atoms with van der Waals surface area (Å²) in [4.78, 5) is 24.3. The zero-order valence-corrected chi connectivity index (χ0v) is 13.0. The average molecular weight is 318 g/mol. The summed E-state index contributed by atoms with van der Waals surface area (Å²) in [6.45, 7) is 1.94. The van der Waals surface area contributed by atoms with Crippen molar-refractivity contribution in [3.05, 3.63) is 65.2 Å². The molecule has 1 aliphatic heterocycles. The van der Waals surface area contributed by atoms with E-state index in [4.69, 9.17) is 5.26 Å². The molecule has 1 aliphatic rings. The van der Waals surface area contributed by atoms with Crippen LogP contribution >= 0.6 is 0 Å². The monoisotopic (exact) mass is 318 g/mol. The van der Waals surface area contributed by atoms with Gasteiger partial charge in [0.05, 0.1) is 23.7 Å². The van der Waals surface area contributed by atoms with E-state index in [0.717, 1.165) is 5.56 Å². The van der Waals surface area contributed by atoms with Crippen molar-refractivity contribution >= 4 is 23.3 Å². The van der Waals surface area contributed by atoms with E-state index in [-0.39, 0.29) is 18.2 Å². The summed E-state index contributed by atoms with van der Waals surface area (Å²) in [5.41, 5.74) is 2.63. The summed E-state index contributed by atoms with van der Waals surface area (Å²) in [5, 5.41) is 16.9. The molecule has 24 heavy (non-hydrogen) atoms. The number of carbonyl (C=O) groups excluding carboxylic acids is 2. The Morgan fingerprint density at radius 1 is 1.17 bits per heavy atom. The first-order valence-corrected chi connectivity index (χ1v) is 7.35. The van der Waals surface area contributed by atoms with E-state index >= 15 is 0 Å². The molecule has 0 atom stereocenters. The summed E-state index contributed by atoms with van der Waals surface area (Å²) in [7, 11) is 0. The normalized spacial score (nSPS) is 13.4. The van der Waals surface area contributed by atoms with Crippen LogP contribution in [-0.4, -0.2) is 17.6 Å². The lowest BCUT2D eigenvalue weighted by Gasteiger charge is -2.10. The van der Waals surface area contributed by atoms with Crippen LogP contribution in [-0.2, 0) is 4.79 Å². The highest BCUT2D eigenvalue weighted by molar-refractivity contribution is 6.17. The number of carbonyl (C=O) groups is 2. The SMILES string of the molecule is Cc1ccc(C(=O)NC2=NN(c3ccc(C#N)cc3)C(=O)C2)cc1. The van der Waals surface area contributed by atoms with Crippen LogP contribution in [0.1, 0.15) is 27.9 Å². The van der Waals surface area contributed by atoms with Gasteiger partial charge in [-0.15, -0.1) is 0 Å². The third-order valence-electron chi connectivity index (χ3n) is 3.59. The minimum Gasteiger partial charge on any atom is -0.308 e. The van der Waals surface area contributed by atoms with Crippen molar-refractivity contribution in [2.75, 3.05) is 5.01 Å². The molecule has 118 valence electrons. The summed E-state index contributed by atoms with van der Waals surface area (Å²) < 4.78 is 0. The van der Waals surface area contributed by atoms with Gasteiger partial charge in [0.15, 0.2) is 0 Å². The van der Waals surface area contributed by atoms with Gasteiger partial charge in [-0.3, -0.25) is 9.59 Å². The first-order chi connectivity index (χ1) is 11.6. The Labute approximate surface area is 139 Å². The van der Waals surface area contributed by atoms with Crippen molar-refractivity contribution in [2.45, 2.75) is 13.3 Å². The number of nitrogens with zero attached hydrogens (tertiary/aromatic N) is 3. The van der Waals surface area contributed by atoms with Crippen LogP contribution in [0.5, 0.6) is 0 Å². The molecular weight excluding hydrogens is 304 g/mol. The van der Waals surface area contributed by atoms with Gasteiger partial charge < -0.3 is 5.32 Å². The molecule has 2 aromatic carbocycles. The first kappa shape index (κ1) is 15.4. The van der Waals surface area contributed by atoms with Crippen LogP contribution in [0.15, 0.2) is 53.6 Å². The molecule has 0 fully saturated rings. The quantitative estimate of drug-likeness (QED) is 0.922. The number of benzene rings is 2. The highest BCUT2D eigenvalue weighted by Crippen LogP contribution is 2.20. The van der Waals surface area contributed by atoms with Gasteiger partial charge in [0.2, 0.25) is 0 Å². The standard InChI is InChI=1S/C18H14N4O2/c1-12-2-6-14(7-3-12)18(24)20-16-10-17(23)22(21-16)15-8-4-13(11-19)5-9-15/h2-9H,10H2,1H3,(H,20,21,24). The number of rotatable bonds is 2. The van der Waals surface area contributed by atoms with Gasteiger partial charge in [-0.25, -0.2) is 0 Å². The van der Waals surface area contributed by atoms with Crippen molar-refractivity contribution in [3.8, 4) is 6.07 Å². The largest absolute Gasteiger partial charge is 0.308 e. The van der Waals surface area contributed by atoms with Gasteiger partial charge in [0.25, 0.3) is 11.8 Å². The average Bonchev–Trinajstić information content (AvgIpc) is 2.95. The van der Waals surface area contributed by atoms with Crippen molar-refractivity contribution in [1.29, 1.82) is 5.26 Å². The van der Waals surface area contributed by atoms with E-state index in [0.29, 0.717) is 22.6 Å². The number of aryl methyl sites for hydroxylation is 1. The van der Waals surface area contributed by atoms with Gasteiger partial charge in [0.1, 0.15) is 5.84 Å². The molecule has 0 bridgehead atoms. The van der Waals surface area contributed by atoms with Gasteiger partial charge in [-0.05, 0) is 43.3 Å². The number of amides is 2. The Hall–Kier alpha value is -3.46. The molecule has 6 heteroatoms. The third kappa shape index (κ3) is 3.15. The summed E-state index contributed by atoms with van der Waals surface area (Å²) in [5.74, 6) is -0.239. The Morgan fingerprint density at radius 3 is 2.46 bits per heavy atom. The maximum absolute atomic E-state index is 12.2. The van der Waals surface area contributed by atoms with E-state index in [9.17, 15) is 9.59 Å². The van der Waals surface area contributed by atoms with Gasteiger partial charge >= 0.3 is 0 Å². The Kier molecular flexibility index (Phi) is 4.08. The molecule has 0 unspecified atom stereocenters. The van der Waals surface area contributed by atoms with Gasteiger partial charge in [-0.2, -0.15) is 15.4 Å². The molecule has 0 aromatic heterocycles. The van der Waals surface area contributed by atoms with Crippen LogP contribution in [0, 0.1) is 18.3 Å².